The Morgan fingerprint density at radius 3 is 2.38 bits per heavy atom. The van der Waals surface area contributed by atoms with Gasteiger partial charge in [0, 0.05) is 59.0 Å². The molecule has 11 aliphatic rings. The summed E-state index contributed by atoms with van der Waals surface area (Å²) in [5.74, 6) is 3.30. The number of imidazole rings is 1. The van der Waals surface area contributed by atoms with Gasteiger partial charge in [-0.3, -0.25) is 4.79 Å². The van der Waals surface area contributed by atoms with Crippen molar-refractivity contribution in [2.24, 2.45) is 80.8 Å². The summed E-state index contributed by atoms with van der Waals surface area (Å²) >= 11 is 0. The zero-order valence-corrected chi connectivity index (χ0v) is 38.9. The molecule has 10 aliphatic carbocycles. The molecule has 1 saturated heterocycles. The van der Waals surface area contributed by atoms with Gasteiger partial charge in [0.1, 0.15) is 0 Å². The van der Waals surface area contributed by atoms with Gasteiger partial charge in [0.15, 0.2) is 5.78 Å². The zero-order chi connectivity index (χ0) is 42.0. The number of ketones is 1. The molecule has 12 rings (SSSR count). The summed E-state index contributed by atoms with van der Waals surface area (Å²) in [5, 5.41) is 50.4. The van der Waals surface area contributed by atoms with E-state index in [0.29, 0.717) is 36.0 Å². The number of aliphatic hydroxyl groups is 4. The van der Waals surface area contributed by atoms with Crippen LogP contribution in [0.15, 0.2) is 52.7 Å². The third-order valence-electron chi connectivity index (χ3n) is 21.6. The Balaban J connectivity index is 1.06. The molecule has 7 nitrogen and oxygen atoms in total. The van der Waals surface area contributed by atoms with Crippen molar-refractivity contribution >= 4 is 27.4 Å². The van der Waals surface area contributed by atoms with Gasteiger partial charge in [-0.15, -0.1) is 0 Å². The summed E-state index contributed by atoms with van der Waals surface area (Å²) in [7, 11) is 3.88. The largest absolute Gasteiger partial charge is 0.392 e. The third-order valence-corrected chi connectivity index (χ3v) is 24.1. The molecule has 61 heavy (non-hydrogen) atoms. The molecule has 1 spiro atoms. The number of nitrogens with zero attached hydrogens (tertiary/aromatic N) is 2. The molecule has 332 valence electrons. The van der Waals surface area contributed by atoms with Gasteiger partial charge in [-0.25, -0.2) is 4.98 Å². The van der Waals surface area contributed by atoms with Crippen LogP contribution in [0, 0.1) is 80.8 Å². The average molecular weight is 869 g/mol. The quantitative estimate of drug-likeness (QED) is 0.163. The first-order valence-electron chi connectivity index (χ1n) is 24.9. The first-order valence-corrected chi connectivity index (χ1v) is 27.4. The van der Waals surface area contributed by atoms with Crippen molar-refractivity contribution in [3.8, 4) is 0 Å². The van der Waals surface area contributed by atoms with Crippen molar-refractivity contribution < 1.29 is 25.2 Å². The van der Waals surface area contributed by atoms with Gasteiger partial charge in [-0.1, -0.05) is 84.4 Å². The average Bonchev–Trinajstić information content (AvgIpc) is 3.96. The van der Waals surface area contributed by atoms with Gasteiger partial charge in [0.05, 0.1) is 30.2 Å². The number of carbonyl (C=O) groups excluding carboxylic acids is 1. The minimum atomic E-state index is -1.19. The van der Waals surface area contributed by atoms with Crippen molar-refractivity contribution in [3.05, 3.63) is 52.7 Å². The number of fused-ring (bicyclic) bond motifs is 10. The van der Waals surface area contributed by atoms with Gasteiger partial charge in [-0.2, -0.15) is 0 Å². The SMILES string of the molecule is CC1(C)C[C@@H](n2ccnc2)CSSC[C@H]2C[C@@H]3[C@H]4[C@H](O)[C@@H]5C6=C(CCC[C@@H]6[C@@H]4CC[C@@H]4C[C@H]6C(=CC(=O)[C@@H]7C[C@@H](O)[C@@H](O)C[C@@]76C)[C@@]2(O)[C@]43C)[C@H]2C(=C51)CCCC21CCCC1. The minimum absolute atomic E-state index is 0.0217. The second-order valence-electron chi connectivity index (χ2n) is 24.1. The maximum Gasteiger partial charge on any atom is 0.159 e. The number of aliphatic hydroxyl groups excluding tert-OH is 3. The van der Waals surface area contributed by atoms with Crippen LogP contribution < -0.4 is 0 Å². The van der Waals surface area contributed by atoms with Crippen LogP contribution in [0.25, 0.3) is 0 Å². The molecule has 4 bridgehead atoms. The van der Waals surface area contributed by atoms with Crippen molar-refractivity contribution in [2.75, 3.05) is 11.5 Å². The number of aromatic nitrogens is 2. The van der Waals surface area contributed by atoms with Crippen molar-refractivity contribution in [3.63, 3.8) is 0 Å². The lowest BCUT2D eigenvalue weighted by Crippen LogP contribution is -2.65. The first-order chi connectivity index (χ1) is 29.2. The monoisotopic (exact) mass is 868 g/mol. The number of hydrogen-bond donors (Lipinski definition) is 4. The first kappa shape index (κ1) is 41.1. The summed E-state index contributed by atoms with van der Waals surface area (Å²) in [6.07, 6.45) is 24.3. The lowest BCUT2D eigenvalue weighted by Gasteiger charge is -2.64. The van der Waals surface area contributed by atoms with Crippen molar-refractivity contribution in [1.82, 2.24) is 9.55 Å². The maximum absolute atomic E-state index is 14.5. The lowest BCUT2D eigenvalue weighted by atomic mass is 9.42. The van der Waals surface area contributed by atoms with E-state index in [2.05, 4.69) is 43.4 Å². The molecule has 9 heteroatoms. The second-order valence-corrected chi connectivity index (χ2v) is 26.6. The molecule has 4 N–H and O–H groups in total. The van der Waals surface area contributed by atoms with Gasteiger partial charge in [-0.05, 0) is 160 Å². The Morgan fingerprint density at radius 2 is 1.59 bits per heavy atom. The summed E-state index contributed by atoms with van der Waals surface area (Å²) in [6.45, 7) is 9.74. The highest BCUT2D eigenvalue weighted by molar-refractivity contribution is 8.76. The van der Waals surface area contributed by atoms with Crippen molar-refractivity contribution in [2.45, 2.75) is 167 Å². The molecule has 0 amide bonds. The van der Waals surface area contributed by atoms with Gasteiger partial charge in [0.25, 0.3) is 0 Å². The standard InChI is InChI=1S/C52H72N2O5S2/c1-48(2)23-30(54-18-17-53-27-54)26-61-60-25-29-20-38-43-32(31-9-7-10-33-42(31)44(47(43)58)46(48)34-11-8-16-51(45(33)34)14-5-6-15-51)13-12-28-19-35-36(52(29,59)50(28,38)4)21-39(55)37-22-40(56)41(57)24-49(35,37)3/h17-18,21,27-32,35,37-38,40-41,43-45,47,56-59H,5-16,19-20,22-26H2,1-4H3/t28-,29-,30-,31-,32+,35+,37+,38-,40-,41+,43+,44-,45+,47+,49-,50-,52-/m1/s1. The number of rotatable bonds is 1. The minimum Gasteiger partial charge on any atom is -0.392 e. The molecule has 0 radical (unpaired) electrons. The Hall–Kier alpha value is -1.36. The van der Waals surface area contributed by atoms with E-state index in [1.807, 2.05) is 40.2 Å². The van der Waals surface area contributed by atoms with E-state index in [1.54, 1.807) is 22.3 Å². The fourth-order valence-electron chi connectivity index (χ4n) is 19.3. The highest BCUT2D eigenvalue weighted by Gasteiger charge is 2.75. The number of carbonyl (C=O) groups is 1. The summed E-state index contributed by atoms with van der Waals surface area (Å²) in [4.78, 5) is 19.0. The number of hydrogen-bond acceptors (Lipinski definition) is 8. The molecule has 1 aromatic heterocycles. The van der Waals surface area contributed by atoms with E-state index in [1.165, 1.54) is 64.2 Å². The molecule has 2 heterocycles. The summed E-state index contributed by atoms with van der Waals surface area (Å²) in [5.41, 5.74) is 5.85. The molecule has 7 saturated carbocycles. The molecule has 1 aromatic rings. The smallest absolute Gasteiger partial charge is 0.159 e. The van der Waals surface area contributed by atoms with E-state index in [-0.39, 0.29) is 58.7 Å². The Morgan fingerprint density at radius 1 is 0.820 bits per heavy atom. The van der Waals surface area contributed by atoms with E-state index in [9.17, 15) is 25.2 Å². The fourth-order valence-corrected chi connectivity index (χ4v) is 22.1. The van der Waals surface area contributed by atoms with Crippen LogP contribution in [0.4, 0.5) is 0 Å². The van der Waals surface area contributed by atoms with E-state index in [0.717, 1.165) is 49.2 Å². The van der Waals surface area contributed by atoms with Gasteiger partial charge >= 0.3 is 0 Å². The summed E-state index contributed by atoms with van der Waals surface area (Å²) in [6, 6.07) is 0.242. The predicted octanol–water partition coefficient (Wildman–Crippen LogP) is 9.68. The van der Waals surface area contributed by atoms with Crippen LogP contribution in [-0.2, 0) is 4.79 Å². The lowest BCUT2D eigenvalue weighted by molar-refractivity contribution is -0.174. The Kier molecular flexibility index (Phi) is 9.48. The molecule has 0 aromatic carbocycles. The third kappa shape index (κ3) is 5.40. The maximum atomic E-state index is 14.5. The Bertz CT molecular complexity index is 2070. The topological polar surface area (TPSA) is 116 Å². The fraction of sp³-hybridized carbons (Fsp3) is 0.808. The van der Waals surface area contributed by atoms with Crippen LogP contribution in [0.1, 0.15) is 143 Å². The van der Waals surface area contributed by atoms with Gasteiger partial charge in [0.2, 0.25) is 0 Å². The van der Waals surface area contributed by atoms with Crippen LogP contribution in [0.5, 0.6) is 0 Å². The van der Waals surface area contributed by atoms with E-state index in [4.69, 9.17) is 0 Å². The van der Waals surface area contributed by atoms with E-state index < -0.39 is 34.7 Å². The molecule has 0 unspecified atom stereocenters. The van der Waals surface area contributed by atoms with Crippen LogP contribution in [0.2, 0.25) is 0 Å². The molecule has 8 fully saturated rings. The second kappa shape index (κ2) is 14.1. The number of allylic oxidation sites excluding steroid dienone is 3. The van der Waals surface area contributed by atoms with Gasteiger partial charge < -0.3 is 25.0 Å². The normalized spacial score (nSPS) is 50.7. The van der Waals surface area contributed by atoms with E-state index >= 15 is 0 Å². The predicted molar refractivity (Wildman–Crippen MR) is 242 cm³/mol. The molecule has 1 aliphatic heterocycles. The van der Waals surface area contributed by atoms with Crippen LogP contribution >= 0.6 is 21.6 Å². The highest BCUT2D eigenvalue weighted by Crippen LogP contribution is 2.77. The zero-order valence-electron chi connectivity index (χ0n) is 37.2. The molecule has 17 atom stereocenters. The van der Waals surface area contributed by atoms with Crippen LogP contribution in [0.3, 0.4) is 0 Å². The molecular weight excluding hydrogens is 797 g/mol. The van der Waals surface area contributed by atoms with Crippen LogP contribution in [-0.4, -0.2) is 71.2 Å². The van der Waals surface area contributed by atoms with Crippen molar-refractivity contribution in [1.29, 1.82) is 0 Å². The highest BCUT2D eigenvalue weighted by atomic mass is 33.1. The Labute approximate surface area is 372 Å². The summed E-state index contributed by atoms with van der Waals surface area (Å²) < 4.78 is 2.35. The molecular formula is C52H72N2O5S2.